The molecule has 0 bridgehead atoms. The van der Waals surface area contributed by atoms with Crippen LogP contribution in [0.5, 0.6) is 0 Å². The van der Waals surface area contributed by atoms with E-state index in [1.165, 1.54) is 11.1 Å². The number of H-pyrrole nitrogens is 1. The summed E-state index contributed by atoms with van der Waals surface area (Å²) in [6.07, 6.45) is 4.23. The maximum Gasteiger partial charge on any atom is 0.266 e. The van der Waals surface area contributed by atoms with Crippen LogP contribution in [0.2, 0.25) is 0 Å². The van der Waals surface area contributed by atoms with Gasteiger partial charge in [-0.2, -0.15) is 15.4 Å². The van der Waals surface area contributed by atoms with Gasteiger partial charge in [0.05, 0.1) is 12.2 Å². The Morgan fingerprint density at radius 1 is 1.12 bits per heavy atom. The highest BCUT2D eigenvalue weighted by Crippen LogP contribution is 2.24. The highest BCUT2D eigenvalue weighted by Gasteiger charge is 2.25. The Bertz CT molecular complexity index is 1290. The van der Waals surface area contributed by atoms with E-state index in [1.54, 1.807) is 17.2 Å². The first kappa shape index (κ1) is 19.5. The van der Waals surface area contributed by atoms with Gasteiger partial charge in [-0.1, -0.05) is 24.3 Å². The standard InChI is InChI=1S/C22H21N9O2/c32-20(31-8-6-16-18(12-31)27-30-26-16)11-19-28-29-21(33-19)17-5-7-23-22(25-17)24-15-9-13-3-1-2-4-14(13)10-15/h1-5,7,15H,6,8-12H2,(H,23,24,25)(H,26,27,30). The van der Waals surface area contributed by atoms with Crippen LogP contribution in [-0.2, 0) is 37.0 Å². The number of anilines is 1. The summed E-state index contributed by atoms with van der Waals surface area (Å²) >= 11 is 0. The molecule has 0 spiro atoms. The summed E-state index contributed by atoms with van der Waals surface area (Å²) < 4.78 is 5.74. The highest BCUT2D eigenvalue weighted by atomic mass is 16.4. The molecule has 2 N–H and O–H groups in total. The van der Waals surface area contributed by atoms with E-state index in [0.717, 1.165) is 24.2 Å². The van der Waals surface area contributed by atoms with Crippen LogP contribution in [0.4, 0.5) is 5.95 Å². The van der Waals surface area contributed by atoms with Gasteiger partial charge in [0.2, 0.25) is 17.7 Å². The van der Waals surface area contributed by atoms with E-state index >= 15 is 0 Å². The van der Waals surface area contributed by atoms with Crippen molar-refractivity contribution in [2.75, 3.05) is 11.9 Å². The fraction of sp³-hybridized carbons (Fsp3) is 0.318. The lowest BCUT2D eigenvalue weighted by molar-refractivity contribution is -0.131. The molecular formula is C22H21N9O2. The Labute approximate surface area is 188 Å². The molecule has 4 aromatic rings. The Kier molecular flexibility index (Phi) is 4.78. The van der Waals surface area contributed by atoms with Crippen LogP contribution in [0.3, 0.4) is 0 Å². The molecule has 0 radical (unpaired) electrons. The third kappa shape index (κ3) is 3.93. The number of rotatable bonds is 5. The van der Waals surface area contributed by atoms with Gasteiger partial charge in [0.15, 0.2) is 0 Å². The highest BCUT2D eigenvalue weighted by molar-refractivity contribution is 5.78. The molecule has 1 aromatic carbocycles. The molecule has 166 valence electrons. The summed E-state index contributed by atoms with van der Waals surface area (Å²) in [5.41, 5.74) is 4.93. The Hall–Kier alpha value is -4.15. The number of carbonyl (C=O) groups excluding carboxylic acids is 1. The van der Waals surface area contributed by atoms with Gasteiger partial charge >= 0.3 is 0 Å². The number of hydrogen-bond donors (Lipinski definition) is 2. The van der Waals surface area contributed by atoms with Crippen molar-refractivity contribution in [1.29, 1.82) is 0 Å². The number of nitrogens with zero attached hydrogens (tertiary/aromatic N) is 7. The molecule has 33 heavy (non-hydrogen) atoms. The minimum Gasteiger partial charge on any atom is -0.419 e. The third-order valence-corrected chi connectivity index (χ3v) is 6.04. The molecule has 1 amide bonds. The van der Waals surface area contributed by atoms with Crippen molar-refractivity contribution >= 4 is 11.9 Å². The molecule has 0 unspecified atom stereocenters. The first-order chi connectivity index (χ1) is 16.2. The fourth-order valence-electron chi connectivity index (χ4n) is 4.38. The number of amides is 1. The first-order valence-corrected chi connectivity index (χ1v) is 10.9. The van der Waals surface area contributed by atoms with E-state index in [4.69, 9.17) is 4.42 Å². The minimum absolute atomic E-state index is 0.0245. The summed E-state index contributed by atoms with van der Waals surface area (Å²) in [4.78, 5) is 23.3. The van der Waals surface area contributed by atoms with Crippen LogP contribution in [0, 0.1) is 0 Å². The maximum absolute atomic E-state index is 12.7. The average Bonchev–Trinajstić information content (AvgIpc) is 3.57. The second kappa shape index (κ2) is 8.08. The lowest BCUT2D eigenvalue weighted by Crippen LogP contribution is -2.37. The van der Waals surface area contributed by atoms with Gasteiger partial charge in [0, 0.05) is 25.2 Å². The monoisotopic (exact) mass is 443 g/mol. The Morgan fingerprint density at radius 3 is 2.79 bits per heavy atom. The van der Waals surface area contributed by atoms with Crippen LogP contribution >= 0.6 is 0 Å². The van der Waals surface area contributed by atoms with Crippen LogP contribution < -0.4 is 5.32 Å². The molecule has 11 nitrogen and oxygen atoms in total. The van der Waals surface area contributed by atoms with E-state index in [1.807, 2.05) is 0 Å². The third-order valence-electron chi connectivity index (χ3n) is 6.04. The van der Waals surface area contributed by atoms with Crippen molar-refractivity contribution in [1.82, 2.24) is 40.5 Å². The quantitative estimate of drug-likeness (QED) is 0.468. The molecule has 2 aliphatic rings. The van der Waals surface area contributed by atoms with Crippen molar-refractivity contribution in [2.45, 2.75) is 38.3 Å². The molecule has 6 rings (SSSR count). The van der Waals surface area contributed by atoms with Crippen molar-refractivity contribution in [3.05, 3.63) is 64.9 Å². The van der Waals surface area contributed by atoms with Gasteiger partial charge in [0.1, 0.15) is 17.8 Å². The van der Waals surface area contributed by atoms with Gasteiger partial charge in [0.25, 0.3) is 5.89 Å². The molecular weight excluding hydrogens is 422 g/mol. The number of fused-ring (bicyclic) bond motifs is 2. The van der Waals surface area contributed by atoms with E-state index in [0.29, 0.717) is 31.2 Å². The molecule has 4 heterocycles. The fourth-order valence-corrected chi connectivity index (χ4v) is 4.38. The number of benzene rings is 1. The maximum atomic E-state index is 12.7. The van der Waals surface area contributed by atoms with E-state index in [2.05, 4.69) is 65.2 Å². The number of hydrogen-bond acceptors (Lipinski definition) is 9. The second-order valence-electron chi connectivity index (χ2n) is 8.24. The zero-order chi connectivity index (χ0) is 22.2. The SMILES string of the molecule is O=C(Cc1nnc(-c2ccnc(NC3Cc4ccccc4C3)n2)o1)N1CCc2n[nH]nc2C1. The normalized spacial score (nSPS) is 15.3. The Morgan fingerprint density at radius 2 is 1.94 bits per heavy atom. The summed E-state index contributed by atoms with van der Waals surface area (Å²) in [7, 11) is 0. The summed E-state index contributed by atoms with van der Waals surface area (Å²) in [5, 5.41) is 22.3. The second-order valence-corrected chi connectivity index (χ2v) is 8.24. The average molecular weight is 443 g/mol. The van der Waals surface area contributed by atoms with Gasteiger partial charge < -0.3 is 14.6 Å². The summed E-state index contributed by atoms with van der Waals surface area (Å²) in [6.45, 7) is 1.02. The first-order valence-electron chi connectivity index (χ1n) is 10.9. The summed E-state index contributed by atoms with van der Waals surface area (Å²) in [6, 6.07) is 10.4. The molecule has 0 atom stereocenters. The lowest BCUT2D eigenvalue weighted by atomic mass is 10.1. The van der Waals surface area contributed by atoms with Crippen molar-refractivity contribution in [3.63, 3.8) is 0 Å². The molecule has 11 heteroatoms. The van der Waals surface area contributed by atoms with Gasteiger partial charge in [-0.25, -0.2) is 9.97 Å². The van der Waals surface area contributed by atoms with Crippen molar-refractivity contribution in [2.24, 2.45) is 0 Å². The Balaban J connectivity index is 1.11. The smallest absolute Gasteiger partial charge is 0.266 e. The molecule has 3 aromatic heterocycles. The summed E-state index contributed by atoms with van der Waals surface area (Å²) in [5.74, 6) is 0.929. The van der Waals surface area contributed by atoms with E-state index in [-0.39, 0.29) is 30.2 Å². The molecule has 0 saturated heterocycles. The number of aromatic nitrogens is 7. The zero-order valence-corrected chi connectivity index (χ0v) is 17.7. The number of nitrogens with one attached hydrogen (secondary N) is 2. The van der Waals surface area contributed by atoms with Crippen LogP contribution in [0.25, 0.3) is 11.6 Å². The molecule has 0 saturated carbocycles. The molecule has 0 fully saturated rings. The topological polar surface area (TPSA) is 139 Å². The van der Waals surface area contributed by atoms with Crippen LogP contribution in [0.1, 0.15) is 28.4 Å². The van der Waals surface area contributed by atoms with Gasteiger partial charge in [-0.3, -0.25) is 4.79 Å². The molecule has 1 aliphatic carbocycles. The predicted octanol–water partition coefficient (Wildman–Crippen LogP) is 1.35. The predicted molar refractivity (Wildman–Crippen MR) is 116 cm³/mol. The number of carbonyl (C=O) groups is 1. The van der Waals surface area contributed by atoms with Crippen LogP contribution in [-0.4, -0.2) is 59.0 Å². The van der Waals surface area contributed by atoms with Crippen LogP contribution in [0.15, 0.2) is 40.9 Å². The van der Waals surface area contributed by atoms with Gasteiger partial charge in [-0.15, -0.1) is 10.2 Å². The lowest BCUT2D eigenvalue weighted by Gasteiger charge is -2.24. The number of aromatic amines is 1. The zero-order valence-electron chi connectivity index (χ0n) is 17.7. The van der Waals surface area contributed by atoms with Crippen molar-refractivity contribution in [3.8, 4) is 11.6 Å². The largest absolute Gasteiger partial charge is 0.419 e. The van der Waals surface area contributed by atoms with Crippen molar-refractivity contribution < 1.29 is 9.21 Å². The van der Waals surface area contributed by atoms with Gasteiger partial charge in [-0.05, 0) is 30.0 Å². The minimum atomic E-state index is -0.0929. The molecule has 1 aliphatic heterocycles. The van der Waals surface area contributed by atoms with E-state index in [9.17, 15) is 4.79 Å². The van der Waals surface area contributed by atoms with E-state index < -0.39 is 0 Å².